The number of phenolic OH excluding ortho intramolecular Hbond substituents is 2. The molecule has 0 amide bonds. The van der Waals surface area contributed by atoms with E-state index in [9.17, 15) is 10.2 Å². The van der Waals surface area contributed by atoms with Crippen molar-refractivity contribution in [3.05, 3.63) is 56.6 Å². The van der Waals surface area contributed by atoms with Gasteiger partial charge in [-0.15, -0.1) is 0 Å². The zero-order valence-electron chi connectivity index (χ0n) is 18.7. The fraction of sp³-hybridized carbons (Fsp3) is 0.417. The highest BCUT2D eigenvalue weighted by atomic mass is 35.5. The summed E-state index contributed by atoms with van der Waals surface area (Å²) in [7, 11) is 0. The van der Waals surface area contributed by atoms with Gasteiger partial charge in [-0.25, -0.2) is 0 Å². The van der Waals surface area contributed by atoms with Crippen molar-refractivity contribution in [3.63, 3.8) is 0 Å². The Kier molecular flexibility index (Phi) is 10.9. The van der Waals surface area contributed by atoms with E-state index >= 15 is 0 Å². The third kappa shape index (κ3) is 7.66. The number of aromatic hydroxyl groups is 2. The van der Waals surface area contributed by atoms with Crippen molar-refractivity contribution in [1.82, 2.24) is 0 Å². The van der Waals surface area contributed by atoms with Gasteiger partial charge in [-0.3, -0.25) is 9.98 Å². The second-order valence-corrected chi connectivity index (χ2v) is 7.99. The largest absolute Gasteiger partial charge is 0.507 e. The molecule has 0 saturated carbocycles. The first-order valence-corrected chi connectivity index (χ1v) is 10.9. The molecule has 0 spiro atoms. The highest BCUT2D eigenvalue weighted by Gasteiger charge is 2.08. The van der Waals surface area contributed by atoms with Crippen LogP contribution in [0.5, 0.6) is 11.5 Å². The van der Waals surface area contributed by atoms with Crippen molar-refractivity contribution >= 4 is 34.6 Å². The lowest BCUT2D eigenvalue weighted by Gasteiger charge is -2.07. The number of aryl methyl sites for hydroxylation is 2. The topological polar surface area (TPSA) is 65.2 Å². The van der Waals surface area contributed by atoms with Crippen molar-refractivity contribution < 1.29 is 10.2 Å². The second kappa shape index (κ2) is 12.6. The number of phenols is 2. The van der Waals surface area contributed by atoms with E-state index in [4.69, 9.17) is 23.2 Å². The lowest BCUT2D eigenvalue weighted by atomic mass is 10.1. The average molecular weight is 451 g/mol. The van der Waals surface area contributed by atoms with E-state index in [0.717, 1.165) is 59.6 Å². The first-order chi connectivity index (χ1) is 14.1. The highest BCUT2D eigenvalue weighted by Crippen LogP contribution is 2.27. The third-order valence-electron chi connectivity index (χ3n) is 4.48. The van der Waals surface area contributed by atoms with Gasteiger partial charge in [0.25, 0.3) is 0 Å². The maximum Gasteiger partial charge on any atom is 0.124 e. The van der Waals surface area contributed by atoms with Gasteiger partial charge in [0.2, 0.25) is 0 Å². The molecule has 0 aliphatic carbocycles. The van der Waals surface area contributed by atoms with Gasteiger partial charge >= 0.3 is 0 Å². The molecule has 2 rings (SSSR count). The quantitative estimate of drug-likeness (QED) is 0.458. The summed E-state index contributed by atoms with van der Waals surface area (Å²) in [4.78, 5) is 8.69. The molecule has 2 aromatic carbocycles. The van der Waals surface area contributed by atoms with Gasteiger partial charge in [0.1, 0.15) is 11.5 Å². The van der Waals surface area contributed by atoms with Crippen LogP contribution in [0.4, 0.5) is 0 Å². The molecule has 0 aromatic heterocycles. The van der Waals surface area contributed by atoms with Crippen molar-refractivity contribution in [2.24, 2.45) is 9.98 Å². The first-order valence-electron chi connectivity index (χ1n) is 10.1. The molecular formula is C24H32Cl2N2O2. The molecule has 0 aliphatic heterocycles. The fourth-order valence-corrected chi connectivity index (χ4v) is 2.97. The zero-order chi connectivity index (χ0) is 22.8. The molecule has 2 N–H and O–H groups in total. The smallest absolute Gasteiger partial charge is 0.124 e. The van der Waals surface area contributed by atoms with Crippen LogP contribution in [0.3, 0.4) is 0 Å². The number of hydrogen-bond acceptors (Lipinski definition) is 4. The molecule has 4 nitrogen and oxygen atoms in total. The molecule has 0 fully saturated rings. The number of nitrogens with zero attached hydrogens (tertiary/aromatic N) is 2. The maximum atomic E-state index is 9.75. The SMILES string of the molecule is CCCN=C(C)c1cc(Cl)c(C)cc1O.CCCN=C(C)c1cc(Cl)c(C)cc1O. The molecule has 0 aliphatic rings. The molecule has 0 radical (unpaired) electrons. The van der Waals surface area contributed by atoms with Crippen molar-refractivity contribution in [2.75, 3.05) is 13.1 Å². The molecule has 2 aromatic rings. The Morgan fingerprint density at radius 1 is 0.733 bits per heavy atom. The third-order valence-corrected chi connectivity index (χ3v) is 5.29. The minimum absolute atomic E-state index is 0.245. The zero-order valence-corrected chi connectivity index (χ0v) is 20.2. The Bertz CT molecular complexity index is 846. The number of benzene rings is 2. The summed E-state index contributed by atoms with van der Waals surface area (Å²) >= 11 is 12.0. The standard InChI is InChI=1S/2C12H16ClNO/c2*1-4-5-14-9(3)10-7-11(13)8(2)6-12(10)15/h2*6-7,15H,4-5H2,1-3H3. The van der Waals surface area contributed by atoms with Gasteiger partial charge in [-0.05, 0) is 75.9 Å². The Hall–Kier alpha value is -2.04. The Balaban J connectivity index is 0.000000300. The van der Waals surface area contributed by atoms with Gasteiger partial charge in [-0.2, -0.15) is 0 Å². The van der Waals surface area contributed by atoms with Gasteiger partial charge in [0.15, 0.2) is 0 Å². The maximum absolute atomic E-state index is 9.75. The minimum atomic E-state index is 0.245. The van der Waals surface area contributed by atoms with Gasteiger partial charge in [0, 0.05) is 45.7 Å². The molecule has 164 valence electrons. The number of rotatable bonds is 6. The van der Waals surface area contributed by atoms with Crippen LogP contribution < -0.4 is 0 Å². The molecule has 0 unspecified atom stereocenters. The number of aliphatic imine (C=N–C) groups is 2. The fourth-order valence-electron chi connectivity index (χ4n) is 2.64. The lowest BCUT2D eigenvalue weighted by molar-refractivity contribution is 0.473. The van der Waals surface area contributed by atoms with Crippen LogP contribution in [-0.2, 0) is 0 Å². The molecule has 6 heteroatoms. The normalized spacial score (nSPS) is 11.9. The van der Waals surface area contributed by atoms with E-state index in [1.807, 2.05) is 27.7 Å². The number of halogens is 2. The summed E-state index contributed by atoms with van der Waals surface area (Å²) in [5.74, 6) is 0.489. The predicted molar refractivity (Wildman–Crippen MR) is 130 cm³/mol. The summed E-state index contributed by atoms with van der Waals surface area (Å²) < 4.78 is 0. The minimum Gasteiger partial charge on any atom is -0.507 e. The Morgan fingerprint density at radius 2 is 1.07 bits per heavy atom. The lowest BCUT2D eigenvalue weighted by Crippen LogP contribution is -1.97. The molecule has 0 atom stereocenters. The van der Waals surface area contributed by atoms with Crippen LogP contribution in [0.1, 0.15) is 62.8 Å². The second-order valence-electron chi connectivity index (χ2n) is 7.17. The highest BCUT2D eigenvalue weighted by molar-refractivity contribution is 6.32. The van der Waals surface area contributed by atoms with Gasteiger partial charge < -0.3 is 10.2 Å². The van der Waals surface area contributed by atoms with E-state index < -0.39 is 0 Å². The van der Waals surface area contributed by atoms with E-state index in [-0.39, 0.29) is 11.5 Å². The Morgan fingerprint density at radius 3 is 1.37 bits per heavy atom. The summed E-state index contributed by atoms with van der Waals surface area (Å²) in [5.41, 5.74) is 4.85. The average Bonchev–Trinajstić information content (AvgIpc) is 2.70. The van der Waals surface area contributed by atoms with Crippen molar-refractivity contribution in [3.8, 4) is 11.5 Å². The summed E-state index contributed by atoms with van der Waals surface area (Å²) in [5, 5.41) is 20.8. The summed E-state index contributed by atoms with van der Waals surface area (Å²) in [6.45, 7) is 13.2. The van der Waals surface area contributed by atoms with E-state index in [0.29, 0.717) is 10.0 Å². The van der Waals surface area contributed by atoms with Gasteiger partial charge in [-0.1, -0.05) is 37.0 Å². The number of hydrogen-bond donors (Lipinski definition) is 2. The van der Waals surface area contributed by atoms with Crippen LogP contribution in [0.15, 0.2) is 34.3 Å². The van der Waals surface area contributed by atoms with Crippen molar-refractivity contribution in [1.29, 1.82) is 0 Å². The first kappa shape index (κ1) is 26.0. The van der Waals surface area contributed by atoms with E-state index in [1.165, 1.54) is 0 Å². The van der Waals surface area contributed by atoms with Gasteiger partial charge in [0.05, 0.1) is 0 Å². The van der Waals surface area contributed by atoms with Crippen LogP contribution >= 0.6 is 23.2 Å². The summed E-state index contributed by atoms with van der Waals surface area (Å²) in [6.07, 6.45) is 2.00. The van der Waals surface area contributed by atoms with E-state index in [2.05, 4.69) is 23.8 Å². The molecule has 0 bridgehead atoms. The Labute approximate surface area is 190 Å². The van der Waals surface area contributed by atoms with Crippen LogP contribution in [0.25, 0.3) is 0 Å². The van der Waals surface area contributed by atoms with Crippen LogP contribution in [0, 0.1) is 13.8 Å². The molecular weight excluding hydrogens is 419 g/mol. The van der Waals surface area contributed by atoms with Crippen LogP contribution in [-0.4, -0.2) is 34.7 Å². The van der Waals surface area contributed by atoms with Crippen molar-refractivity contribution in [2.45, 2.75) is 54.4 Å². The van der Waals surface area contributed by atoms with Crippen LogP contribution in [0.2, 0.25) is 10.0 Å². The summed E-state index contributed by atoms with van der Waals surface area (Å²) in [6, 6.07) is 6.87. The molecule has 30 heavy (non-hydrogen) atoms. The molecule has 0 heterocycles. The monoisotopic (exact) mass is 450 g/mol. The molecule has 0 saturated heterocycles. The predicted octanol–water partition coefficient (Wildman–Crippen LogP) is 7.15. The van der Waals surface area contributed by atoms with E-state index in [1.54, 1.807) is 24.3 Å².